The fourth-order valence-electron chi connectivity index (χ4n) is 2.22. The Labute approximate surface area is 171 Å². The first kappa shape index (κ1) is 26.3. The highest BCUT2D eigenvalue weighted by Gasteiger charge is 2.27. The van der Waals surface area contributed by atoms with Crippen LogP contribution < -0.4 is 0 Å². The Kier molecular flexibility index (Phi) is 13.0. The maximum absolute atomic E-state index is 11.5. The first-order valence-electron chi connectivity index (χ1n) is 9.37. The third-order valence-corrected chi connectivity index (χ3v) is 3.27. The molecule has 9 heteroatoms. The lowest BCUT2D eigenvalue weighted by atomic mass is 10.1. The molecule has 9 nitrogen and oxygen atoms in total. The van der Waals surface area contributed by atoms with Gasteiger partial charge in [0.25, 0.3) is 0 Å². The molecular formula is C20H30O9. The van der Waals surface area contributed by atoms with Gasteiger partial charge in [-0.1, -0.05) is 26.7 Å². The van der Waals surface area contributed by atoms with Crippen LogP contribution in [-0.2, 0) is 42.9 Å². The van der Waals surface area contributed by atoms with Crippen LogP contribution in [0.25, 0.3) is 0 Å². The van der Waals surface area contributed by atoms with Gasteiger partial charge in [0.15, 0.2) is 11.5 Å². The van der Waals surface area contributed by atoms with Crippen molar-refractivity contribution in [2.45, 2.75) is 79.4 Å². The fraction of sp³-hybridized carbons (Fsp3) is 0.600. The summed E-state index contributed by atoms with van der Waals surface area (Å²) in [6, 6.07) is 0. The summed E-state index contributed by atoms with van der Waals surface area (Å²) in [7, 11) is 0. The molecule has 0 aliphatic carbocycles. The molecule has 0 saturated carbocycles. The Morgan fingerprint density at radius 2 is 1.00 bits per heavy atom. The maximum atomic E-state index is 11.5. The van der Waals surface area contributed by atoms with Crippen LogP contribution >= 0.6 is 0 Å². The van der Waals surface area contributed by atoms with E-state index in [-0.39, 0.29) is 11.5 Å². The topological polar surface area (TPSA) is 114 Å². The molecule has 0 aromatic heterocycles. The normalized spacial score (nSPS) is 13.9. The Hall–Kier alpha value is -2.68. The van der Waals surface area contributed by atoms with E-state index in [1.165, 1.54) is 27.7 Å². The highest BCUT2D eigenvalue weighted by atomic mass is 16.6. The summed E-state index contributed by atoms with van der Waals surface area (Å²) in [4.78, 5) is 45.3. The second kappa shape index (κ2) is 14.3. The van der Waals surface area contributed by atoms with E-state index in [0.717, 1.165) is 12.5 Å². The molecule has 0 aromatic rings. The van der Waals surface area contributed by atoms with E-state index in [0.29, 0.717) is 25.7 Å². The van der Waals surface area contributed by atoms with Gasteiger partial charge in [-0.2, -0.15) is 0 Å². The average molecular weight is 414 g/mol. The smallest absolute Gasteiger partial charge is 0.307 e. The number of hydrogen-bond donors (Lipinski definition) is 0. The van der Waals surface area contributed by atoms with E-state index in [1.54, 1.807) is 0 Å². The van der Waals surface area contributed by atoms with Crippen LogP contribution in [-0.4, -0.2) is 36.1 Å². The zero-order chi connectivity index (χ0) is 22.4. The van der Waals surface area contributed by atoms with Gasteiger partial charge in [0, 0.05) is 27.7 Å². The van der Waals surface area contributed by atoms with Crippen LogP contribution in [0.2, 0.25) is 0 Å². The van der Waals surface area contributed by atoms with E-state index >= 15 is 0 Å². The molecule has 0 rings (SSSR count). The highest BCUT2D eigenvalue weighted by molar-refractivity contribution is 5.69. The molecule has 0 bridgehead atoms. The van der Waals surface area contributed by atoms with E-state index in [4.69, 9.17) is 23.7 Å². The molecular weight excluding hydrogens is 384 g/mol. The number of hydrogen-bond acceptors (Lipinski definition) is 9. The monoisotopic (exact) mass is 414 g/mol. The first-order chi connectivity index (χ1) is 13.6. The van der Waals surface area contributed by atoms with Crippen LogP contribution in [0, 0.1) is 0 Å². The average Bonchev–Trinajstić information content (AvgIpc) is 2.60. The van der Waals surface area contributed by atoms with Crippen molar-refractivity contribution in [2.24, 2.45) is 0 Å². The predicted octanol–water partition coefficient (Wildman–Crippen LogP) is 3.28. The van der Waals surface area contributed by atoms with Crippen molar-refractivity contribution in [2.75, 3.05) is 0 Å². The quantitative estimate of drug-likeness (QED) is 0.269. The van der Waals surface area contributed by atoms with Gasteiger partial charge >= 0.3 is 23.9 Å². The van der Waals surface area contributed by atoms with Crippen LogP contribution in [0.1, 0.15) is 67.2 Å². The third kappa shape index (κ3) is 12.4. The number of esters is 4. The predicted molar refractivity (Wildman–Crippen MR) is 102 cm³/mol. The van der Waals surface area contributed by atoms with E-state index in [9.17, 15) is 19.2 Å². The van der Waals surface area contributed by atoms with Crippen LogP contribution in [0.4, 0.5) is 0 Å². The van der Waals surface area contributed by atoms with E-state index < -0.39 is 36.1 Å². The zero-order valence-corrected chi connectivity index (χ0v) is 17.8. The van der Waals surface area contributed by atoms with Crippen molar-refractivity contribution >= 4 is 23.9 Å². The largest absolute Gasteiger partial charge is 0.431 e. The van der Waals surface area contributed by atoms with Gasteiger partial charge in [0.1, 0.15) is 24.7 Å². The molecule has 0 aliphatic rings. The van der Waals surface area contributed by atoms with Gasteiger partial charge in [-0.15, -0.1) is 0 Å². The van der Waals surface area contributed by atoms with Crippen LogP contribution in [0.5, 0.6) is 0 Å². The molecule has 0 radical (unpaired) electrons. The second-order valence-electron chi connectivity index (χ2n) is 6.14. The summed E-state index contributed by atoms with van der Waals surface area (Å²) in [5.74, 6) is -2.40. The van der Waals surface area contributed by atoms with Gasteiger partial charge in [0.05, 0.1) is 0 Å². The lowest BCUT2D eigenvalue weighted by Gasteiger charge is -2.26. The molecule has 0 N–H and O–H groups in total. The lowest BCUT2D eigenvalue weighted by molar-refractivity contribution is -0.145. The van der Waals surface area contributed by atoms with Gasteiger partial charge in [-0.05, 0) is 12.8 Å². The van der Waals surface area contributed by atoms with Crippen LogP contribution in [0.3, 0.4) is 0 Å². The fourth-order valence-corrected chi connectivity index (χ4v) is 2.22. The second-order valence-corrected chi connectivity index (χ2v) is 6.14. The summed E-state index contributed by atoms with van der Waals surface area (Å²) in [5.41, 5.74) is 0. The highest BCUT2D eigenvalue weighted by Crippen LogP contribution is 2.24. The molecule has 0 aromatic carbocycles. The SMILES string of the molecule is CCCC(OC(CCC)C(=COC(C)=O)OC(C)=O)C(=COC(C)=O)OC(C)=O. The summed E-state index contributed by atoms with van der Waals surface area (Å²) in [5, 5.41) is 0. The van der Waals surface area contributed by atoms with Crippen molar-refractivity contribution < 1.29 is 42.9 Å². The Morgan fingerprint density at radius 1 is 0.655 bits per heavy atom. The van der Waals surface area contributed by atoms with E-state index in [2.05, 4.69) is 0 Å². The molecule has 0 fully saturated rings. The molecule has 2 atom stereocenters. The molecule has 0 aliphatic heterocycles. The summed E-state index contributed by atoms with van der Waals surface area (Å²) < 4.78 is 26.1. The number of carbonyl (C=O) groups excluding carboxylic acids is 4. The molecule has 164 valence electrons. The van der Waals surface area contributed by atoms with Crippen molar-refractivity contribution in [1.29, 1.82) is 0 Å². The van der Waals surface area contributed by atoms with Gasteiger partial charge in [0.2, 0.25) is 0 Å². The lowest BCUT2D eigenvalue weighted by Crippen LogP contribution is -2.29. The van der Waals surface area contributed by atoms with Crippen LogP contribution in [0.15, 0.2) is 24.0 Å². The third-order valence-electron chi connectivity index (χ3n) is 3.27. The molecule has 29 heavy (non-hydrogen) atoms. The summed E-state index contributed by atoms with van der Waals surface area (Å²) in [6.07, 6.45) is 2.62. The van der Waals surface area contributed by atoms with Gasteiger partial charge in [-0.25, -0.2) is 0 Å². The molecule has 2 unspecified atom stereocenters. The van der Waals surface area contributed by atoms with Gasteiger partial charge < -0.3 is 23.7 Å². The minimum Gasteiger partial charge on any atom is -0.431 e. The number of carbonyl (C=O) groups is 4. The minimum atomic E-state index is -0.781. The molecule has 0 amide bonds. The van der Waals surface area contributed by atoms with Crippen molar-refractivity contribution in [3.63, 3.8) is 0 Å². The Bertz CT molecular complexity index is 580. The molecule has 0 saturated heterocycles. The van der Waals surface area contributed by atoms with Gasteiger partial charge in [-0.3, -0.25) is 19.2 Å². The van der Waals surface area contributed by atoms with E-state index in [1.807, 2.05) is 13.8 Å². The first-order valence-corrected chi connectivity index (χ1v) is 9.37. The van der Waals surface area contributed by atoms with Crippen molar-refractivity contribution in [3.05, 3.63) is 24.0 Å². The number of rotatable bonds is 12. The number of ether oxygens (including phenoxy) is 5. The standard InChI is InChI=1S/C20H30O9/c1-7-9-17(19(27-15(5)23)11-25-13(3)21)29-18(10-8-2)20(28-16(6)24)12-26-14(4)22/h11-12,17-18H,7-10H2,1-6H3. The summed E-state index contributed by atoms with van der Waals surface area (Å²) in [6.45, 7) is 8.61. The Morgan fingerprint density at radius 3 is 1.24 bits per heavy atom. The maximum Gasteiger partial charge on any atom is 0.307 e. The molecule has 0 spiro atoms. The van der Waals surface area contributed by atoms with Crippen molar-refractivity contribution in [1.82, 2.24) is 0 Å². The molecule has 0 heterocycles. The zero-order valence-electron chi connectivity index (χ0n) is 17.8. The minimum absolute atomic E-state index is 0.00492. The Balaban J connectivity index is 5.87. The summed E-state index contributed by atoms with van der Waals surface area (Å²) >= 11 is 0. The van der Waals surface area contributed by atoms with Crippen molar-refractivity contribution in [3.8, 4) is 0 Å².